The summed E-state index contributed by atoms with van der Waals surface area (Å²) in [4.78, 5) is 16.2. The maximum absolute atomic E-state index is 10.7. The van der Waals surface area contributed by atoms with Crippen LogP contribution in [0.25, 0.3) is 6.08 Å². The minimum absolute atomic E-state index is 0.0119. The number of imidazole rings is 1. The number of aromatic nitrogens is 2. The number of nitrogens with zero attached hydrogens (tertiary/aromatic N) is 4. The molecule has 1 rings (SSSR count). The van der Waals surface area contributed by atoms with Crippen LogP contribution < -0.4 is 0 Å². The standard InChI is InChI=1S/C9H13BrN4O2/c1-12(2)5-3-8-11-7-9(14(15)16)13(8)6-4-10/h3,5,7H,4,6H2,1-2H3/b5-3+. The molecule has 0 amide bonds. The van der Waals surface area contributed by atoms with Crippen LogP contribution in [0.5, 0.6) is 0 Å². The summed E-state index contributed by atoms with van der Waals surface area (Å²) in [5.41, 5.74) is 0. The Kier molecular flexibility index (Phi) is 4.48. The molecule has 0 aliphatic carbocycles. The first-order valence-corrected chi connectivity index (χ1v) is 5.79. The highest BCUT2D eigenvalue weighted by Crippen LogP contribution is 2.15. The Labute approximate surface area is 102 Å². The molecular weight excluding hydrogens is 276 g/mol. The lowest BCUT2D eigenvalue weighted by Crippen LogP contribution is -2.07. The van der Waals surface area contributed by atoms with Crippen LogP contribution in [-0.4, -0.2) is 38.8 Å². The molecule has 0 N–H and O–H groups in total. The average Bonchev–Trinajstić information content (AvgIpc) is 2.59. The third-order valence-electron chi connectivity index (χ3n) is 1.88. The highest BCUT2D eigenvalue weighted by atomic mass is 79.9. The van der Waals surface area contributed by atoms with E-state index in [-0.39, 0.29) is 5.82 Å². The van der Waals surface area contributed by atoms with Gasteiger partial charge in [-0.25, -0.2) is 9.55 Å². The molecule has 16 heavy (non-hydrogen) atoms. The van der Waals surface area contributed by atoms with Crippen LogP contribution in [0.3, 0.4) is 0 Å². The fraction of sp³-hybridized carbons (Fsp3) is 0.444. The topological polar surface area (TPSA) is 64.2 Å². The van der Waals surface area contributed by atoms with E-state index >= 15 is 0 Å². The quantitative estimate of drug-likeness (QED) is 0.470. The first-order valence-electron chi connectivity index (χ1n) is 4.66. The fourth-order valence-electron chi connectivity index (χ4n) is 1.19. The van der Waals surface area contributed by atoms with Crippen molar-refractivity contribution < 1.29 is 4.92 Å². The molecule has 0 spiro atoms. The van der Waals surface area contributed by atoms with Gasteiger partial charge in [0, 0.05) is 31.7 Å². The van der Waals surface area contributed by atoms with Crippen LogP contribution in [0.4, 0.5) is 5.82 Å². The van der Waals surface area contributed by atoms with Gasteiger partial charge in [0.05, 0.1) is 0 Å². The molecular formula is C9H13BrN4O2. The summed E-state index contributed by atoms with van der Waals surface area (Å²) in [5, 5.41) is 11.4. The van der Waals surface area contributed by atoms with E-state index in [0.717, 1.165) is 0 Å². The highest BCUT2D eigenvalue weighted by Gasteiger charge is 2.17. The van der Waals surface area contributed by atoms with Crippen LogP contribution in [0, 0.1) is 10.1 Å². The average molecular weight is 289 g/mol. The number of rotatable bonds is 5. The molecule has 0 saturated heterocycles. The lowest BCUT2D eigenvalue weighted by Gasteiger charge is -2.03. The van der Waals surface area contributed by atoms with Crippen molar-refractivity contribution in [2.24, 2.45) is 0 Å². The number of nitro groups is 1. The molecule has 0 fully saturated rings. The Morgan fingerprint density at radius 2 is 2.38 bits per heavy atom. The Hall–Kier alpha value is -1.37. The van der Waals surface area contributed by atoms with Gasteiger partial charge in [-0.05, 0) is 4.92 Å². The summed E-state index contributed by atoms with van der Waals surface area (Å²) in [6, 6.07) is 0. The maximum atomic E-state index is 10.7. The van der Waals surface area contributed by atoms with Gasteiger partial charge in [-0.1, -0.05) is 15.9 Å². The zero-order chi connectivity index (χ0) is 12.1. The molecule has 0 aromatic carbocycles. The van der Waals surface area contributed by atoms with Crippen molar-refractivity contribution in [1.82, 2.24) is 14.5 Å². The highest BCUT2D eigenvalue weighted by molar-refractivity contribution is 9.09. The van der Waals surface area contributed by atoms with Crippen molar-refractivity contribution in [2.75, 3.05) is 19.4 Å². The molecule has 0 bridgehead atoms. The number of alkyl halides is 1. The summed E-state index contributed by atoms with van der Waals surface area (Å²) in [6.07, 6.45) is 4.82. The largest absolute Gasteiger partial charge is 0.383 e. The second-order valence-electron chi connectivity index (χ2n) is 3.35. The van der Waals surface area contributed by atoms with E-state index in [1.807, 2.05) is 19.0 Å². The van der Waals surface area contributed by atoms with Gasteiger partial charge in [0.15, 0.2) is 0 Å². The van der Waals surface area contributed by atoms with Crippen molar-refractivity contribution in [3.63, 3.8) is 0 Å². The summed E-state index contributed by atoms with van der Waals surface area (Å²) < 4.78 is 1.56. The Bertz CT molecular complexity index is 400. The molecule has 1 aromatic rings. The van der Waals surface area contributed by atoms with E-state index < -0.39 is 4.92 Å². The summed E-state index contributed by atoms with van der Waals surface area (Å²) in [7, 11) is 3.76. The second kappa shape index (κ2) is 5.64. The lowest BCUT2D eigenvalue weighted by molar-refractivity contribution is -0.392. The van der Waals surface area contributed by atoms with Gasteiger partial charge in [0.2, 0.25) is 5.82 Å². The van der Waals surface area contributed by atoms with Crippen molar-refractivity contribution in [1.29, 1.82) is 0 Å². The lowest BCUT2D eigenvalue weighted by atomic mass is 10.5. The van der Waals surface area contributed by atoms with Crippen LogP contribution >= 0.6 is 15.9 Å². The third kappa shape index (κ3) is 3.06. The zero-order valence-corrected chi connectivity index (χ0v) is 10.7. The summed E-state index contributed by atoms with van der Waals surface area (Å²) >= 11 is 3.26. The normalized spacial score (nSPS) is 10.9. The van der Waals surface area contributed by atoms with Gasteiger partial charge in [-0.3, -0.25) is 0 Å². The molecule has 6 nitrogen and oxygen atoms in total. The van der Waals surface area contributed by atoms with Gasteiger partial charge < -0.3 is 15.0 Å². The minimum Gasteiger partial charge on any atom is -0.383 e. The first kappa shape index (κ1) is 12.7. The minimum atomic E-state index is -0.428. The van der Waals surface area contributed by atoms with Crippen molar-refractivity contribution >= 4 is 27.8 Å². The molecule has 1 aromatic heterocycles. The van der Waals surface area contributed by atoms with E-state index in [1.165, 1.54) is 6.20 Å². The van der Waals surface area contributed by atoms with Gasteiger partial charge in [-0.15, -0.1) is 0 Å². The molecule has 0 radical (unpaired) electrons. The molecule has 88 valence electrons. The van der Waals surface area contributed by atoms with Gasteiger partial charge in [0.1, 0.15) is 12.7 Å². The molecule has 0 unspecified atom stereocenters. The molecule has 0 atom stereocenters. The van der Waals surface area contributed by atoms with Crippen LogP contribution in [0.15, 0.2) is 12.4 Å². The molecule has 0 saturated carbocycles. The van der Waals surface area contributed by atoms with Crippen LogP contribution in [-0.2, 0) is 6.54 Å². The predicted molar refractivity (Wildman–Crippen MR) is 65.4 cm³/mol. The first-order chi connectivity index (χ1) is 7.56. The van der Waals surface area contributed by atoms with Gasteiger partial charge in [0.25, 0.3) is 0 Å². The summed E-state index contributed by atoms with van der Waals surface area (Å²) in [6.45, 7) is 0.517. The van der Waals surface area contributed by atoms with Crippen LogP contribution in [0.2, 0.25) is 0 Å². The molecule has 7 heteroatoms. The number of halogens is 1. The summed E-state index contributed by atoms with van der Waals surface area (Å²) in [5.74, 6) is 0.595. The SMILES string of the molecule is CN(C)/C=C/c1ncc([N+](=O)[O-])n1CCBr. The van der Waals surface area contributed by atoms with Gasteiger partial charge in [-0.2, -0.15) is 0 Å². The zero-order valence-electron chi connectivity index (χ0n) is 9.13. The third-order valence-corrected chi connectivity index (χ3v) is 2.24. The monoisotopic (exact) mass is 288 g/mol. The maximum Gasteiger partial charge on any atom is 0.343 e. The predicted octanol–water partition coefficient (Wildman–Crippen LogP) is 1.72. The van der Waals surface area contributed by atoms with E-state index in [0.29, 0.717) is 17.7 Å². The van der Waals surface area contributed by atoms with E-state index in [4.69, 9.17) is 0 Å². The van der Waals surface area contributed by atoms with E-state index in [9.17, 15) is 10.1 Å². The molecule has 0 aliphatic heterocycles. The van der Waals surface area contributed by atoms with Gasteiger partial charge >= 0.3 is 5.82 Å². The van der Waals surface area contributed by atoms with E-state index in [2.05, 4.69) is 20.9 Å². The number of hydrogen-bond acceptors (Lipinski definition) is 4. The van der Waals surface area contributed by atoms with E-state index in [1.54, 1.807) is 16.8 Å². The second-order valence-corrected chi connectivity index (χ2v) is 4.14. The Morgan fingerprint density at radius 1 is 1.69 bits per heavy atom. The van der Waals surface area contributed by atoms with Crippen LogP contribution in [0.1, 0.15) is 5.82 Å². The molecule has 1 heterocycles. The Morgan fingerprint density at radius 3 is 2.88 bits per heavy atom. The Balaban J connectivity index is 3.04. The smallest absolute Gasteiger partial charge is 0.343 e. The molecule has 0 aliphatic rings. The van der Waals surface area contributed by atoms with Crippen molar-refractivity contribution in [3.8, 4) is 0 Å². The number of hydrogen-bond donors (Lipinski definition) is 0. The van der Waals surface area contributed by atoms with Crippen molar-refractivity contribution in [3.05, 3.63) is 28.3 Å². The van der Waals surface area contributed by atoms with Crippen molar-refractivity contribution in [2.45, 2.75) is 6.54 Å². The fourth-order valence-corrected chi connectivity index (χ4v) is 1.54.